The Hall–Kier alpha value is -0.110. The third kappa shape index (κ3) is 5.18. The van der Waals surface area contributed by atoms with Gasteiger partial charge < -0.3 is 24.6 Å². The molecule has 3 heterocycles. The predicted molar refractivity (Wildman–Crippen MR) is 93.7 cm³/mol. The van der Waals surface area contributed by atoms with Crippen LogP contribution in [0, 0.1) is 5.92 Å². The molecule has 0 bridgehead atoms. The van der Waals surface area contributed by atoms with E-state index in [1.54, 1.807) is 0 Å². The van der Waals surface area contributed by atoms with Crippen molar-refractivity contribution in [3.8, 4) is 0 Å². The highest BCUT2D eigenvalue weighted by Gasteiger charge is 2.40. The van der Waals surface area contributed by atoms with E-state index in [4.69, 9.17) is 9.47 Å². The van der Waals surface area contributed by atoms with Crippen LogP contribution in [0.4, 0.5) is 0 Å². The van der Waals surface area contributed by atoms with Crippen molar-refractivity contribution in [3.63, 3.8) is 0 Å². The molecule has 1 amide bonds. The van der Waals surface area contributed by atoms with Crippen molar-refractivity contribution >= 4 is 30.7 Å². The van der Waals surface area contributed by atoms with Crippen LogP contribution in [0.25, 0.3) is 0 Å². The van der Waals surface area contributed by atoms with Crippen molar-refractivity contribution < 1.29 is 14.3 Å². The molecule has 0 saturated carbocycles. The van der Waals surface area contributed by atoms with E-state index in [2.05, 4.69) is 17.3 Å². The zero-order valence-corrected chi connectivity index (χ0v) is 15.4. The summed E-state index contributed by atoms with van der Waals surface area (Å²) in [6, 6.07) is 0. The molecule has 6 nitrogen and oxygen atoms in total. The number of hydrogen-bond acceptors (Lipinski definition) is 5. The van der Waals surface area contributed by atoms with Crippen molar-refractivity contribution in [1.29, 1.82) is 0 Å². The highest BCUT2D eigenvalue weighted by atomic mass is 35.5. The average Bonchev–Trinajstić information content (AvgIpc) is 2.76. The van der Waals surface area contributed by atoms with Crippen LogP contribution in [0.1, 0.15) is 12.8 Å². The Morgan fingerprint density at radius 2 is 1.91 bits per heavy atom. The van der Waals surface area contributed by atoms with E-state index in [9.17, 15) is 4.79 Å². The van der Waals surface area contributed by atoms with Gasteiger partial charge in [0.05, 0.1) is 31.3 Å². The molecule has 3 fully saturated rings. The fraction of sp³-hybridized carbons (Fsp3) is 0.933. The van der Waals surface area contributed by atoms with Gasteiger partial charge in [-0.25, -0.2) is 0 Å². The van der Waals surface area contributed by atoms with Crippen LogP contribution in [-0.2, 0) is 14.3 Å². The van der Waals surface area contributed by atoms with Gasteiger partial charge in [0.1, 0.15) is 0 Å². The molecule has 3 rings (SSSR count). The van der Waals surface area contributed by atoms with Gasteiger partial charge in [-0.1, -0.05) is 0 Å². The largest absolute Gasteiger partial charge is 0.379 e. The number of likely N-dealkylation sites (tertiary alicyclic amines) is 1. The second-order valence-corrected chi connectivity index (χ2v) is 6.57. The molecule has 0 aromatic carbocycles. The zero-order chi connectivity index (χ0) is 14.7. The smallest absolute Gasteiger partial charge is 0.229 e. The number of carbonyl (C=O) groups is 1. The summed E-state index contributed by atoms with van der Waals surface area (Å²) >= 11 is 0. The quantitative estimate of drug-likeness (QED) is 0.724. The summed E-state index contributed by atoms with van der Waals surface area (Å²) in [6.45, 7) is 7.25. The van der Waals surface area contributed by atoms with Crippen LogP contribution in [0.2, 0.25) is 0 Å². The van der Waals surface area contributed by atoms with Crippen LogP contribution in [0.5, 0.6) is 0 Å². The number of nitrogens with one attached hydrogen (secondary N) is 1. The molecule has 0 aromatic heterocycles. The Labute approximate surface area is 151 Å². The molecule has 3 saturated heterocycles. The Balaban J connectivity index is 0.00000132. The molecule has 1 unspecified atom stereocenters. The second-order valence-electron chi connectivity index (χ2n) is 6.57. The van der Waals surface area contributed by atoms with E-state index >= 15 is 0 Å². The molecule has 1 spiro atoms. The zero-order valence-electron chi connectivity index (χ0n) is 13.8. The van der Waals surface area contributed by atoms with Gasteiger partial charge in [0.2, 0.25) is 5.91 Å². The third-order valence-corrected chi connectivity index (χ3v) is 4.91. The Morgan fingerprint density at radius 3 is 2.61 bits per heavy atom. The Kier molecular flexibility index (Phi) is 8.55. The number of hydrogen-bond donors (Lipinski definition) is 1. The standard InChI is InChI=1S/C15H27N3O3.2ClH/c1-17-7-9-21-15(12-17)2-5-18(6-3-15)14(19)13-10-16-4-8-20-11-13;;/h13,16H,2-12H2,1H3;2*1H. The molecule has 136 valence electrons. The number of rotatable bonds is 1. The molecular formula is C15H29Cl2N3O3. The number of piperidine rings is 1. The molecule has 1 atom stereocenters. The Morgan fingerprint density at radius 1 is 1.17 bits per heavy atom. The molecule has 3 aliphatic rings. The van der Waals surface area contributed by atoms with E-state index in [-0.39, 0.29) is 42.2 Å². The lowest BCUT2D eigenvalue weighted by molar-refractivity contribution is -0.152. The third-order valence-electron chi connectivity index (χ3n) is 4.91. The average molecular weight is 370 g/mol. The minimum atomic E-state index is -0.0310. The molecule has 0 radical (unpaired) electrons. The lowest BCUT2D eigenvalue weighted by Gasteiger charge is -2.46. The molecule has 0 aliphatic carbocycles. The van der Waals surface area contributed by atoms with Crippen molar-refractivity contribution in [2.75, 3.05) is 66.1 Å². The van der Waals surface area contributed by atoms with Crippen LogP contribution in [-0.4, -0.2) is 87.4 Å². The number of halogens is 2. The molecule has 23 heavy (non-hydrogen) atoms. The van der Waals surface area contributed by atoms with Crippen molar-refractivity contribution in [3.05, 3.63) is 0 Å². The fourth-order valence-electron chi connectivity index (χ4n) is 3.59. The van der Waals surface area contributed by atoms with Gasteiger partial charge in [0.25, 0.3) is 0 Å². The first-order valence-corrected chi connectivity index (χ1v) is 8.08. The first-order chi connectivity index (χ1) is 10.2. The fourth-order valence-corrected chi connectivity index (χ4v) is 3.59. The van der Waals surface area contributed by atoms with Crippen LogP contribution in [0.3, 0.4) is 0 Å². The van der Waals surface area contributed by atoms with E-state index in [0.717, 1.165) is 58.7 Å². The normalized spacial score (nSPS) is 28.4. The van der Waals surface area contributed by atoms with Gasteiger partial charge in [0.15, 0.2) is 0 Å². The summed E-state index contributed by atoms with van der Waals surface area (Å²) in [5.74, 6) is 0.208. The summed E-state index contributed by atoms with van der Waals surface area (Å²) in [6.07, 6.45) is 1.90. The number of morpholine rings is 1. The Bertz CT molecular complexity index is 371. The second kappa shape index (κ2) is 9.39. The van der Waals surface area contributed by atoms with Crippen LogP contribution in [0.15, 0.2) is 0 Å². The van der Waals surface area contributed by atoms with E-state index in [1.807, 2.05) is 4.90 Å². The van der Waals surface area contributed by atoms with E-state index in [0.29, 0.717) is 13.2 Å². The van der Waals surface area contributed by atoms with Gasteiger partial charge >= 0.3 is 0 Å². The van der Waals surface area contributed by atoms with E-state index in [1.165, 1.54) is 0 Å². The highest BCUT2D eigenvalue weighted by Crippen LogP contribution is 2.30. The summed E-state index contributed by atoms with van der Waals surface area (Å²) in [4.78, 5) is 16.9. The van der Waals surface area contributed by atoms with Crippen molar-refractivity contribution in [2.45, 2.75) is 18.4 Å². The SMILES string of the molecule is CN1CCOC2(CCN(C(=O)C3CNCCOC3)CC2)C1.Cl.Cl. The van der Waals surface area contributed by atoms with Gasteiger partial charge in [-0.15, -0.1) is 24.8 Å². The number of amides is 1. The van der Waals surface area contributed by atoms with Gasteiger partial charge in [-0.2, -0.15) is 0 Å². The summed E-state index contributed by atoms with van der Waals surface area (Å²) in [5, 5.41) is 3.28. The summed E-state index contributed by atoms with van der Waals surface area (Å²) < 4.78 is 11.6. The predicted octanol–water partition coefficient (Wildman–Crippen LogP) is 0.389. The van der Waals surface area contributed by atoms with Gasteiger partial charge in [0, 0.05) is 39.3 Å². The number of nitrogens with zero attached hydrogens (tertiary/aromatic N) is 2. The highest BCUT2D eigenvalue weighted by molar-refractivity contribution is 5.85. The van der Waals surface area contributed by atoms with E-state index < -0.39 is 0 Å². The minimum Gasteiger partial charge on any atom is -0.379 e. The maximum absolute atomic E-state index is 12.6. The molecule has 1 N–H and O–H groups in total. The van der Waals surface area contributed by atoms with Gasteiger partial charge in [-0.05, 0) is 19.9 Å². The molecule has 3 aliphatic heterocycles. The maximum Gasteiger partial charge on any atom is 0.229 e. The van der Waals surface area contributed by atoms with Gasteiger partial charge in [-0.3, -0.25) is 4.79 Å². The number of likely N-dealkylation sites (N-methyl/N-ethyl adjacent to an activating group) is 1. The summed E-state index contributed by atoms with van der Waals surface area (Å²) in [5.41, 5.74) is -0.0258. The monoisotopic (exact) mass is 369 g/mol. The summed E-state index contributed by atoms with van der Waals surface area (Å²) in [7, 11) is 2.15. The maximum atomic E-state index is 12.6. The van der Waals surface area contributed by atoms with Crippen LogP contribution < -0.4 is 5.32 Å². The molecular weight excluding hydrogens is 341 g/mol. The minimum absolute atomic E-state index is 0. The molecule has 8 heteroatoms. The lowest BCUT2D eigenvalue weighted by Crippen LogP contribution is -2.57. The topological polar surface area (TPSA) is 54.0 Å². The first kappa shape index (κ1) is 20.9. The van der Waals surface area contributed by atoms with Crippen LogP contribution >= 0.6 is 24.8 Å². The molecule has 0 aromatic rings. The first-order valence-electron chi connectivity index (χ1n) is 8.08. The van der Waals surface area contributed by atoms with Crippen molar-refractivity contribution in [1.82, 2.24) is 15.1 Å². The number of ether oxygens (including phenoxy) is 2. The van der Waals surface area contributed by atoms with Crippen molar-refractivity contribution in [2.24, 2.45) is 5.92 Å². The number of carbonyl (C=O) groups excluding carboxylic acids is 1. The lowest BCUT2D eigenvalue weighted by atomic mass is 9.89.